The SMILES string of the molecule is CCn1ncc(CNC(=S)Nc2cccc(C)c2)c1C. The first-order valence-corrected chi connectivity index (χ1v) is 7.13. The van der Waals surface area contributed by atoms with E-state index in [0.717, 1.165) is 12.2 Å². The number of hydrogen-bond acceptors (Lipinski definition) is 2. The Hall–Kier alpha value is -1.88. The van der Waals surface area contributed by atoms with Gasteiger partial charge in [0.15, 0.2) is 5.11 Å². The van der Waals surface area contributed by atoms with E-state index in [1.807, 2.05) is 23.0 Å². The fourth-order valence-corrected chi connectivity index (χ4v) is 2.24. The summed E-state index contributed by atoms with van der Waals surface area (Å²) in [6, 6.07) is 8.13. The van der Waals surface area contributed by atoms with Crippen molar-refractivity contribution in [2.45, 2.75) is 33.9 Å². The van der Waals surface area contributed by atoms with Crippen LogP contribution in [0.1, 0.15) is 23.7 Å². The number of rotatable bonds is 4. The minimum Gasteiger partial charge on any atom is -0.358 e. The smallest absolute Gasteiger partial charge is 0.171 e. The van der Waals surface area contributed by atoms with Gasteiger partial charge in [-0.3, -0.25) is 4.68 Å². The van der Waals surface area contributed by atoms with Crippen molar-refractivity contribution in [2.24, 2.45) is 0 Å². The molecule has 1 aromatic heterocycles. The van der Waals surface area contributed by atoms with E-state index >= 15 is 0 Å². The summed E-state index contributed by atoms with van der Waals surface area (Å²) in [6.07, 6.45) is 1.89. The molecule has 0 unspecified atom stereocenters. The quantitative estimate of drug-likeness (QED) is 0.849. The first-order valence-electron chi connectivity index (χ1n) is 6.73. The number of nitrogens with one attached hydrogen (secondary N) is 2. The van der Waals surface area contributed by atoms with Crippen molar-refractivity contribution < 1.29 is 0 Å². The number of aryl methyl sites for hydroxylation is 2. The van der Waals surface area contributed by atoms with E-state index in [4.69, 9.17) is 12.2 Å². The normalized spacial score (nSPS) is 10.3. The lowest BCUT2D eigenvalue weighted by atomic mass is 10.2. The predicted octanol–water partition coefficient (Wildman–Crippen LogP) is 3.01. The third-order valence-corrected chi connectivity index (χ3v) is 3.47. The Labute approximate surface area is 125 Å². The summed E-state index contributed by atoms with van der Waals surface area (Å²) in [5.41, 5.74) is 4.56. The molecule has 0 spiro atoms. The molecule has 4 nitrogen and oxygen atoms in total. The minimum atomic E-state index is 0.624. The van der Waals surface area contributed by atoms with Gasteiger partial charge in [0.2, 0.25) is 0 Å². The number of benzene rings is 1. The number of thiocarbonyl (C=S) groups is 1. The van der Waals surface area contributed by atoms with Crippen molar-refractivity contribution in [3.63, 3.8) is 0 Å². The van der Waals surface area contributed by atoms with Crippen molar-refractivity contribution >= 4 is 23.0 Å². The van der Waals surface area contributed by atoms with Crippen molar-refractivity contribution in [2.75, 3.05) is 5.32 Å². The Morgan fingerprint density at radius 1 is 1.35 bits per heavy atom. The zero-order valence-corrected chi connectivity index (χ0v) is 12.9. The Bertz CT molecular complexity index is 604. The molecular formula is C15H20N4S. The summed E-state index contributed by atoms with van der Waals surface area (Å²) in [7, 11) is 0. The average molecular weight is 288 g/mol. The first kappa shape index (κ1) is 14.5. The lowest BCUT2D eigenvalue weighted by Crippen LogP contribution is -2.28. The van der Waals surface area contributed by atoms with Crippen LogP contribution < -0.4 is 10.6 Å². The summed E-state index contributed by atoms with van der Waals surface area (Å²) in [4.78, 5) is 0. The Morgan fingerprint density at radius 2 is 2.15 bits per heavy atom. The number of hydrogen-bond donors (Lipinski definition) is 2. The molecule has 0 saturated heterocycles. The second kappa shape index (κ2) is 6.52. The summed E-state index contributed by atoms with van der Waals surface area (Å²) >= 11 is 5.31. The highest BCUT2D eigenvalue weighted by Gasteiger charge is 2.05. The molecular weight excluding hydrogens is 268 g/mol. The zero-order valence-electron chi connectivity index (χ0n) is 12.1. The molecule has 0 saturated carbocycles. The lowest BCUT2D eigenvalue weighted by Gasteiger charge is -2.11. The second-order valence-electron chi connectivity index (χ2n) is 4.75. The molecule has 0 fully saturated rings. The summed E-state index contributed by atoms with van der Waals surface area (Å²) in [5, 5.41) is 11.3. The van der Waals surface area contributed by atoms with E-state index in [1.165, 1.54) is 16.8 Å². The summed E-state index contributed by atoms with van der Waals surface area (Å²) < 4.78 is 1.98. The van der Waals surface area contributed by atoms with Crippen LogP contribution in [0.4, 0.5) is 5.69 Å². The van der Waals surface area contributed by atoms with Crippen LogP contribution in [0.2, 0.25) is 0 Å². The predicted molar refractivity (Wildman–Crippen MR) is 86.9 cm³/mol. The Morgan fingerprint density at radius 3 is 2.80 bits per heavy atom. The Balaban J connectivity index is 1.90. The molecule has 0 atom stereocenters. The van der Waals surface area contributed by atoms with Gasteiger partial charge < -0.3 is 10.6 Å². The van der Waals surface area contributed by atoms with Gasteiger partial charge in [0.25, 0.3) is 0 Å². The topological polar surface area (TPSA) is 41.9 Å². The van der Waals surface area contributed by atoms with Crippen molar-refractivity contribution in [1.82, 2.24) is 15.1 Å². The van der Waals surface area contributed by atoms with Gasteiger partial charge in [-0.25, -0.2) is 0 Å². The first-order chi connectivity index (χ1) is 9.60. The van der Waals surface area contributed by atoms with E-state index < -0.39 is 0 Å². The molecule has 2 rings (SSSR count). The van der Waals surface area contributed by atoms with E-state index in [2.05, 4.69) is 48.6 Å². The molecule has 2 aromatic rings. The summed E-state index contributed by atoms with van der Waals surface area (Å²) in [6.45, 7) is 7.79. The fourth-order valence-electron chi connectivity index (χ4n) is 2.05. The largest absolute Gasteiger partial charge is 0.358 e. The van der Waals surface area contributed by atoms with Crippen molar-refractivity contribution in [1.29, 1.82) is 0 Å². The highest BCUT2D eigenvalue weighted by Crippen LogP contribution is 2.10. The molecule has 0 radical (unpaired) electrons. The van der Waals surface area contributed by atoms with E-state index in [-0.39, 0.29) is 0 Å². The molecule has 0 aliphatic rings. The zero-order chi connectivity index (χ0) is 14.5. The standard InChI is InChI=1S/C15H20N4S/c1-4-19-12(3)13(10-17-19)9-16-15(20)18-14-7-5-6-11(2)8-14/h5-8,10H,4,9H2,1-3H3,(H2,16,18,20). The van der Waals surface area contributed by atoms with Crippen LogP contribution in [0, 0.1) is 13.8 Å². The van der Waals surface area contributed by atoms with Crippen LogP contribution in [0.3, 0.4) is 0 Å². The fraction of sp³-hybridized carbons (Fsp3) is 0.333. The van der Waals surface area contributed by atoms with Crippen molar-refractivity contribution in [3.8, 4) is 0 Å². The van der Waals surface area contributed by atoms with Crippen LogP contribution in [-0.4, -0.2) is 14.9 Å². The average Bonchev–Trinajstić information content (AvgIpc) is 2.77. The lowest BCUT2D eigenvalue weighted by molar-refractivity contribution is 0.638. The van der Waals surface area contributed by atoms with Crippen LogP contribution >= 0.6 is 12.2 Å². The molecule has 0 aliphatic carbocycles. The number of anilines is 1. The number of nitrogens with zero attached hydrogens (tertiary/aromatic N) is 2. The van der Waals surface area contributed by atoms with Gasteiger partial charge in [0.05, 0.1) is 6.20 Å². The maximum atomic E-state index is 5.31. The highest BCUT2D eigenvalue weighted by atomic mass is 32.1. The highest BCUT2D eigenvalue weighted by molar-refractivity contribution is 7.80. The van der Waals surface area contributed by atoms with Gasteiger partial charge in [-0.2, -0.15) is 5.10 Å². The third kappa shape index (κ3) is 3.57. The molecule has 0 amide bonds. The molecule has 5 heteroatoms. The molecule has 1 heterocycles. The monoisotopic (exact) mass is 288 g/mol. The molecule has 0 bridgehead atoms. The van der Waals surface area contributed by atoms with Gasteiger partial charge in [0.1, 0.15) is 0 Å². The maximum absolute atomic E-state index is 5.31. The van der Waals surface area contributed by atoms with Gasteiger partial charge in [0, 0.05) is 30.0 Å². The van der Waals surface area contributed by atoms with Gasteiger partial charge in [-0.1, -0.05) is 12.1 Å². The third-order valence-electron chi connectivity index (χ3n) is 3.22. The van der Waals surface area contributed by atoms with Crippen LogP contribution in [0.15, 0.2) is 30.5 Å². The molecule has 20 heavy (non-hydrogen) atoms. The van der Waals surface area contributed by atoms with Gasteiger partial charge >= 0.3 is 0 Å². The molecule has 2 N–H and O–H groups in total. The van der Waals surface area contributed by atoms with Crippen molar-refractivity contribution in [3.05, 3.63) is 47.3 Å². The van der Waals surface area contributed by atoms with Crippen LogP contribution in [0.25, 0.3) is 0 Å². The molecule has 1 aromatic carbocycles. The van der Waals surface area contributed by atoms with Gasteiger partial charge in [-0.15, -0.1) is 0 Å². The van der Waals surface area contributed by atoms with E-state index in [0.29, 0.717) is 11.7 Å². The number of aromatic nitrogens is 2. The molecule has 106 valence electrons. The van der Waals surface area contributed by atoms with E-state index in [1.54, 1.807) is 0 Å². The van der Waals surface area contributed by atoms with Gasteiger partial charge in [-0.05, 0) is 50.7 Å². The maximum Gasteiger partial charge on any atom is 0.171 e. The van der Waals surface area contributed by atoms with E-state index in [9.17, 15) is 0 Å². The van der Waals surface area contributed by atoms with Crippen LogP contribution in [-0.2, 0) is 13.1 Å². The Kier molecular flexibility index (Phi) is 4.74. The van der Waals surface area contributed by atoms with Crippen LogP contribution in [0.5, 0.6) is 0 Å². The summed E-state index contributed by atoms with van der Waals surface area (Å²) in [5.74, 6) is 0. The second-order valence-corrected chi connectivity index (χ2v) is 5.16. The minimum absolute atomic E-state index is 0.624. The molecule has 0 aliphatic heterocycles.